The fourth-order valence-electron chi connectivity index (χ4n) is 1.54. The van der Waals surface area contributed by atoms with Crippen LogP contribution in [0.3, 0.4) is 0 Å². The zero-order chi connectivity index (χ0) is 11.8. The molecule has 2 nitrogen and oxygen atoms in total. The van der Waals surface area contributed by atoms with E-state index in [1.807, 2.05) is 0 Å². The van der Waals surface area contributed by atoms with E-state index in [1.165, 1.54) is 12.1 Å². The molecule has 88 valence electrons. The zero-order valence-corrected chi connectivity index (χ0v) is 8.55. The first-order valence-electron chi connectivity index (χ1n) is 5.10. The standard InChI is InChI=1S/C11H12F3NO/c12-11(13,14)9-6-7(15)4-5-10(9)16-8-2-1-3-8/h4-6,8H,1-3,15H2. The van der Waals surface area contributed by atoms with Crippen molar-refractivity contribution in [3.05, 3.63) is 23.8 Å². The van der Waals surface area contributed by atoms with Crippen molar-refractivity contribution >= 4 is 5.69 Å². The van der Waals surface area contributed by atoms with Crippen LogP contribution in [-0.2, 0) is 6.18 Å². The molecule has 0 saturated heterocycles. The Morgan fingerprint density at radius 2 is 1.94 bits per heavy atom. The first-order chi connectivity index (χ1) is 7.47. The van der Waals surface area contributed by atoms with Gasteiger partial charge in [0, 0.05) is 5.69 Å². The number of rotatable bonds is 2. The van der Waals surface area contributed by atoms with Crippen molar-refractivity contribution in [3.63, 3.8) is 0 Å². The van der Waals surface area contributed by atoms with Gasteiger partial charge in [0.25, 0.3) is 0 Å². The minimum absolute atomic E-state index is 0.0790. The molecule has 1 saturated carbocycles. The Labute approximate surface area is 91.2 Å². The highest BCUT2D eigenvalue weighted by molar-refractivity contribution is 5.49. The predicted molar refractivity (Wildman–Crippen MR) is 54.1 cm³/mol. The van der Waals surface area contributed by atoms with E-state index in [-0.39, 0.29) is 17.5 Å². The Morgan fingerprint density at radius 3 is 2.44 bits per heavy atom. The lowest BCUT2D eigenvalue weighted by Gasteiger charge is -2.27. The van der Waals surface area contributed by atoms with Crippen LogP contribution in [0.1, 0.15) is 24.8 Å². The molecule has 0 spiro atoms. The van der Waals surface area contributed by atoms with Crippen LogP contribution in [0, 0.1) is 0 Å². The van der Waals surface area contributed by atoms with Crippen LogP contribution in [0.15, 0.2) is 18.2 Å². The van der Waals surface area contributed by atoms with E-state index in [9.17, 15) is 13.2 Å². The molecule has 0 heterocycles. The molecule has 0 aromatic heterocycles. The van der Waals surface area contributed by atoms with Crippen molar-refractivity contribution in [1.29, 1.82) is 0 Å². The Kier molecular flexibility index (Phi) is 2.69. The van der Waals surface area contributed by atoms with Gasteiger partial charge in [0.2, 0.25) is 0 Å². The van der Waals surface area contributed by atoms with Gasteiger partial charge in [0.05, 0.1) is 11.7 Å². The lowest BCUT2D eigenvalue weighted by Crippen LogP contribution is -2.25. The fraction of sp³-hybridized carbons (Fsp3) is 0.455. The fourth-order valence-corrected chi connectivity index (χ4v) is 1.54. The van der Waals surface area contributed by atoms with E-state index < -0.39 is 11.7 Å². The number of anilines is 1. The maximum atomic E-state index is 12.7. The van der Waals surface area contributed by atoms with Gasteiger partial charge in [-0.15, -0.1) is 0 Å². The number of nitrogen functional groups attached to an aromatic ring is 1. The highest BCUT2D eigenvalue weighted by atomic mass is 19.4. The van der Waals surface area contributed by atoms with E-state index in [0.717, 1.165) is 25.3 Å². The first-order valence-corrected chi connectivity index (χ1v) is 5.10. The van der Waals surface area contributed by atoms with Gasteiger partial charge < -0.3 is 10.5 Å². The summed E-state index contributed by atoms with van der Waals surface area (Å²) in [5.74, 6) is -0.119. The summed E-state index contributed by atoms with van der Waals surface area (Å²) >= 11 is 0. The molecule has 0 atom stereocenters. The SMILES string of the molecule is Nc1ccc(OC2CCC2)c(C(F)(F)F)c1. The maximum Gasteiger partial charge on any atom is 0.420 e. The van der Waals surface area contributed by atoms with Gasteiger partial charge in [0.1, 0.15) is 5.75 Å². The number of alkyl halides is 3. The minimum Gasteiger partial charge on any atom is -0.490 e. The maximum absolute atomic E-state index is 12.7. The van der Waals surface area contributed by atoms with Crippen LogP contribution in [-0.4, -0.2) is 6.10 Å². The molecule has 1 fully saturated rings. The summed E-state index contributed by atoms with van der Waals surface area (Å²) in [6.07, 6.45) is -1.84. The van der Waals surface area contributed by atoms with Gasteiger partial charge in [-0.2, -0.15) is 13.2 Å². The third-order valence-electron chi connectivity index (χ3n) is 2.65. The van der Waals surface area contributed by atoms with Crippen molar-refractivity contribution in [3.8, 4) is 5.75 Å². The van der Waals surface area contributed by atoms with Crippen LogP contribution in [0.4, 0.5) is 18.9 Å². The molecule has 0 aliphatic heterocycles. The highest BCUT2D eigenvalue weighted by Gasteiger charge is 2.35. The molecule has 0 bridgehead atoms. The third-order valence-corrected chi connectivity index (χ3v) is 2.65. The Hall–Kier alpha value is -1.39. The van der Waals surface area contributed by atoms with E-state index in [4.69, 9.17) is 10.5 Å². The Bertz CT molecular complexity index is 385. The molecule has 1 aliphatic rings. The molecule has 5 heteroatoms. The highest BCUT2D eigenvalue weighted by Crippen LogP contribution is 2.39. The van der Waals surface area contributed by atoms with Gasteiger partial charge in [-0.05, 0) is 37.5 Å². The summed E-state index contributed by atoms with van der Waals surface area (Å²) in [5, 5.41) is 0. The molecule has 2 rings (SSSR count). The minimum atomic E-state index is -4.42. The second-order valence-electron chi connectivity index (χ2n) is 3.92. The van der Waals surface area contributed by atoms with E-state index in [0.29, 0.717) is 0 Å². The quantitative estimate of drug-likeness (QED) is 0.793. The zero-order valence-electron chi connectivity index (χ0n) is 8.55. The topological polar surface area (TPSA) is 35.2 Å². The summed E-state index contributed by atoms with van der Waals surface area (Å²) in [4.78, 5) is 0. The normalized spacial score (nSPS) is 16.9. The molecule has 1 aromatic carbocycles. The predicted octanol–water partition coefficient (Wildman–Crippen LogP) is 3.22. The summed E-state index contributed by atoms with van der Waals surface area (Å²) in [7, 11) is 0. The molecule has 0 amide bonds. The molecule has 1 aromatic rings. The van der Waals surface area contributed by atoms with Crippen LogP contribution >= 0.6 is 0 Å². The van der Waals surface area contributed by atoms with Crippen molar-refractivity contribution < 1.29 is 17.9 Å². The average molecular weight is 231 g/mol. The monoisotopic (exact) mass is 231 g/mol. The first kappa shape index (κ1) is 11.1. The average Bonchev–Trinajstić information content (AvgIpc) is 2.11. The number of halogens is 3. The molecular formula is C11H12F3NO. The number of ether oxygens (including phenoxy) is 1. The lowest BCUT2D eigenvalue weighted by molar-refractivity contribution is -0.139. The van der Waals surface area contributed by atoms with Gasteiger partial charge in [-0.1, -0.05) is 0 Å². The summed E-state index contributed by atoms with van der Waals surface area (Å²) in [6, 6.07) is 3.62. The van der Waals surface area contributed by atoms with Gasteiger partial charge in [-0.25, -0.2) is 0 Å². The Balaban J connectivity index is 2.28. The molecule has 16 heavy (non-hydrogen) atoms. The van der Waals surface area contributed by atoms with Crippen molar-refractivity contribution in [2.45, 2.75) is 31.5 Å². The van der Waals surface area contributed by atoms with Gasteiger partial charge in [0.15, 0.2) is 0 Å². The van der Waals surface area contributed by atoms with Crippen LogP contribution in [0.25, 0.3) is 0 Å². The number of nitrogens with two attached hydrogens (primary N) is 1. The summed E-state index contributed by atoms with van der Waals surface area (Å²) in [5.41, 5.74) is 4.64. The van der Waals surface area contributed by atoms with Crippen LogP contribution < -0.4 is 10.5 Å². The summed E-state index contributed by atoms with van der Waals surface area (Å²) < 4.78 is 43.3. The smallest absolute Gasteiger partial charge is 0.420 e. The second-order valence-corrected chi connectivity index (χ2v) is 3.92. The number of benzene rings is 1. The van der Waals surface area contributed by atoms with E-state index in [2.05, 4.69) is 0 Å². The number of hydrogen-bond donors (Lipinski definition) is 1. The largest absolute Gasteiger partial charge is 0.490 e. The van der Waals surface area contributed by atoms with Gasteiger partial charge >= 0.3 is 6.18 Å². The van der Waals surface area contributed by atoms with Gasteiger partial charge in [-0.3, -0.25) is 0 Å². The number of hydrogen-bond acceptors (Lipinski definition) is 2. The molecule has 0 radical (unpaired) electrons. The molecular weight excluding hydrogens is 219 g/mol. The Morgan fingerprint density at radius 1 is 1.25 bits per heavy atom. The molecule has 2 N–H and O–H groups in total. The summed E-state index contributed by atoms with van der Waals surface area (Å²) in [6.45, 7) is 0. The second kappa shape index (κ2) is 3.88. The van der Waals surface area contributed by atoms with Crippen molar-refractivity contribution in [1.82, 2.24) is 0 Å². The van der Waals surface area contributed by atoms with Crippen LogP contribution in [0.2, 0.25) is 0 Å². The van der Waals surface area contributed by atoms with E-state index in [1.54, 1.807) is 0 Å². The lowest BCUT2D eigenvalue weighted by atomic mass is 9.96. The van der Waals surface area contributed by atoms with E-state index >= 15 is 0 Å². The van der Waals surface area contributed by atoms with Crippen molar-refractivity contribution in [2.24, 2.45) is 0 Å². The molecule has 1 aliphatic carbocycles. The third kappa shape index (κ3) is 2.23. The van der Waals surface area contributed by atoms with Crippen LogP contribution in [0.5, 0.6) is 5.75 Å². The molecule has 0 unspecified atom stereocenters. The van der Waals surface area contributed by atoms with Crippen molar-refractivity contribution in [2.75, 3.05) is 5.73 Å².